The van der Waals surface area contributed by atoms with Crippen molar-refractivity contribution in [2.75, 3.05) is 24.2 Å². The van der Waals surface area contributed by atoms with E-state index in [4.69, 9.17) is 0 Å². The molecule has 5 nitrogen and oxygen atoms in total. The monoisotopic (exact) mass is 272 g/mol. The van der Waals surface area contributed by atoms with Crippen LogP contribution in [-0.4, -0.2) is 30.0 Å². The van der Waals surface area contributed by atoms with E-state index in [-0.39, 0.29) is 29.6 Å². The summed E-state index contributed by atoms with van der Waals surface area (Å²) in [5.41, 5.74) is -0.371. The van der Waals surface area contributed by atoms with E-state index in [1.54, 1.807) is 0 Å². The average Bonchev–Trinajstić information content (AvgIpc) is 2.25. The predicted octanol–water partition coefficient (Wildman–Crippen LogP) is 1.73. The fourth-order valence-corrected chi connectivity index (χ4v) is 1.39. The molecule has 106 valence electrons. The van der Waals surface area contributed by atoms with Crippen molar-refractivity contribution in [3.8, 4) is 0 Å². The van der Waals surface area contributed by atoms with Crippen LogP contribution in [0.4, 0.5) is 20.4 Å². The topological polar surface area (TPSA) is 66.0 Å². The van der Waals surface area contributed by atoms with Gasteiger partial charge in [0.05, 0.1) is 6.54 Å². The maximum atomic E-state index is 13.4. The number of aromatic nitrogens is 1. The number of carbonyl (C=O) groups is 1. The summed E-state index contributed by atoms with van der Waals surface area (Å²) in [6, 6.07) is 0.711. The van der Waals surface area contributed by atoms with Crippen molar-refractivity contribution in [3.63, 3.8) is 0 Å². The molecule has 1 amide bonds. The first-order valence-electron chi connectivity index (χ1n) is 5.81. The van der Waals surface area contributed by atoms with Gasteiger partial charge in [-0.25, -0.2) is 13.8 Å². The fourth-order valence-electron chi connectivity index (χ4n) is 1.39. The zero-order valence-electron chi connectivity index (χ0n) is 11.4. The third-order valence-electron chi connectivity index (χ3n) is 2.10. The minimum Gasteiger partial charge on any atom is -0.371 e. The van der Waals surface area contributed by atoms with Gasteiger partial charge in [-0.2, -0.15) is 0 Å². The highest BCUT2D eigenvalue weighted by Gasteiger charge is 2.15. The van der Waals surface area contributed by atoms with E-state index in [0.29, 0.717) is 6.07 Å². The Morgan fingerprint density at radius 3 is 2.37 bits per heavy atom. The van der Waals surface area contributed by atoms with E-state index in [1.165, 1.54) is 7.05 Å². The van der Waals surface area contributed by atoms with E-state index in [2.05, 4.69) is 20.9 Å². The first-order valence-corrected chi connectivity index (χ1v) is 5.81. The van der Waals surface area contributed by atoms with Crippen LogP contribution in [-0.2, 0) is 4.79 Å². The Kier molecular flexibility index (Phi) is 4.63. The molecule has 19 heavy (non-hydrogen) atoms. The number of hydrogen-bond acceptors (Lipinski definition) is 4. The minimum absolute atomic E-state index is 0.0832. The molecule has 0 radical (unpaired) electrons. The molecule has 0 aliphatic carbocycles. The van der Waals surface area contributed by atoms with Gasteiger partial charge in [0, 0.05) is 18.7 Å². The lowest BCUT2D eigenvalue weighted by molar-refractivity contribution is -0.120. The van der Waals surface area contributed by atoms with E-state index in [9.17, 15) is 13.6 Å². The minimum atomic E-state index is -0.847. The first-order chi connectivity index (χ1) is 8.73. The maximum absolute atomic E-state index is 13.4. The summed E-state index contributed by atoms with van der Waals surface area (Å²) >= 11 is 0. The third kappa shape index (κ3) is 4.69. The number of anilines is 2. The number of rotatable bonds is 4. The van der Waals surface area contributed by atoms with Crippen LogP contribution in [0.5, 0.6) is 0 Å². The Bertz CT molecular complexity index is 472. The Labute approximate surface area is 110 Å². The molecule has 0 aromatic carbocycles. The lowest BCUT2D eigenvalue weighted by atomic mass is 10.1. The number of nitrogens with zero attached hydrogens (tertiary/aromatic N) is 1. The molecule has 0 aliphatic rings. The van der Waals surface area contributed by atoms with Gasteiger partial charge in [0.1, 0.15) is 0 Å². The zero-order valence-corrected chi connectivity index (χ0v) is 11.4. The van der Waals surface area contributed by atoms with Crippen molar-refractivity contribution in [3.05, 3.63) is 17.7 Å². The SMILES string of the molecule is CNc1nc(NCC(=O)NC(C)(C)C)c(F)cc1F. The van der Waals surface area contributed by atoms with Gasteiger partial charge in [-0.3, -0.25) is 4.79 Å². The predicted molar refractivity (Wildman–Crippen MR) is 70.1 cm³/mol. The molecule has 0 saturated heterocycles. The molecule has 1 aromatic heterocycles. The molecular formula is C12H18F2N4O. The number of hydrogen-bond donors (Lipinski definition) is 3. The zero-order chi connectivity index (χ0) is 14.6. The van der Waals surface area contributed by atoms with Gasteiger partial charge >= 0.3 is 0 Å². The van der Waals surface area contributed by atoms with Gasteiger partial charge < -0.3 is 16.0 Å². The van der Waals surface area contributed by atoms with Gasteiger partial charge in [0.25, 0.3) is 0 Å². The highest BCUT2D eigenvalue weighted by molar-refractivity contribution is 5.81. The quantitative estimate of drug-likeness (QED) is 0.781. The maximum Gasteiger partial charge on any atom is 0.239 e. The third-order valence-corrected chi connectivity index (χ3v) is 2.10. The van der Waals surface area contributed by atoms with Crippen molar-refractivity contribution in [2.24, 2.45) is 0 Å². The van der Waals surface area contributed by atoms with Crippen LogP contribution in [0.1, 0.15) is 20.8 Å². The van der Waals surface area contributed by atoms with Crippen molar-refractivity contribution in [2.45, 2.75) is 26.3 Å². The van der Waals surface area contributed by atoms with Crippen LogP contribution < -0.4 is 16.0 Å². The van der Waals surface area contributed by atoms with Gasteiger partial charge in [-0.15, -0.1) is 0 Å². The molecule has 0 spiro atoms. The Hall–Kier alpha value is -1.92. The second-order valence-electron chi connectivity index (χ2n) is 5.05. The second kappa shape index (κ2) is 5.81. The molecule has 3 N–H and O–H groups in total. The van der Waals surface area contributed by atoms with Crippen molar-refractivity contribution >= 4 is 17.5 Å². The van der Waals surface area contributed by atoms with Crippen molar-refractivity contribution in [1.29, 1.82) is 0 Å². The van der Waals surface area contributed by atoms with E-state index < -0.39 is 11.6 Å². The van der Waals surface area contributed by atoms with E-state index in [0.717, 1.165) is 0 Å². The number of carbonyl (C=O) groups excluding carboxylic acids is 1. The van der Waals surface area contributed by atoms with Crippen LogP contribution in [0.3, 0.4) is 0 Å². The van der Waals surface area contributed by atoms with Crippen LogP contribution in [0.25, 0.3) is 0 Å². The van der Waals surface area contributed by atoms with Gasteiger partial charge in [-0.05, 0) is 20.8 Å². The van der Waals surface area contributed by atoms with Crippen LogP contribution in [0.2, 0.25) is 0 Å². The summed E-state index contributed by atoms with van der Waals surface area (Å²) in [6.45, 7) is 5.36. The summed E-state index contributed by atoms with van der Waals surface area (Å²) in [6.07, 6.45) is 0. The summed E-state index contributed by atoms with van der Waals surface area (Å²) < 4.78 is 26.6. The number of halogens is 2. The molecule has 0 saturated carbocycles. The molecule has 0 bridgehead atoms. The lowest BCUT2D eigenvalue weighted by Crippen LogP contribution is -2.43. The molecular weight excluding hydrogens is 254 g/mol. The largest absolute Gasteiger partial charge is 0.371 e. The molecule has 1 rings (SSSR count). The van der Waals surface area contributed by atoms with Crippen molar-refractivity contribution in [1.82, 2.24) is 10.3 Å². The second-order valence-corrected chi connectivity index (χ2v) is 5.05. The molecule has 0 atom stereocenters. The molecule has 7 heteroatoms. The van der Waals surface area contributed by atoms with Gasteiger partial charge in [-0.1, -0.05) is 0 Å². The number of nitrogens with one attached hydrogen (secondary N) is 3. The van der Waals surface area contributed by atoms with Gasteiger partial charge in [0.15, 0.2) is 23.3 Å². The molecule has 0 fully saturated rings. The van der Waals surface area contributed by atoms with Crippen LogP contribution in [0, 0.1) is 11.6 Å². The van der Waals surface area contributed by atoms with Gasteiger partial charge in [0.2, 0.25) is 5.91 Å². The van der Waals surface area contributed by atoms with E-state index in [1.807, 2.05) is 20.8 Å². The Balaban J connectivity index is 2.70. The summed E-state index contributed by atoms with van der Waals surface area (Å²) in [4.78, 5) is 15.3. The highest BCUT2D eigenvalue weighted by Crippen LogP contribution is 2.18. The number of pyridine rings is 1. The summed E-state index contributed by atoms with van der Waals surface area (Å²) in [5.74, 6) is -2.19. The Morgan fingerprint density at radius 2 is 1.84 bits per heavy atom. The van der Waals surface area contributed by atoms with Crippen molar-refractivity contribution < 1.29 is 13.6 Å². The van der Waals surface area contributed by atoms with Crippen LogP contribution in [0.15, 0.2) is 6.07 Å². The van der Waals surface area contributed by atoms with E-state index >= 15 is 0 Å². The molecule has 0 unspecified atom stereocenters. The lowest BCUT2D eigenvalue weighted by Gasteiger charge is -2.20. The normalized spacial score (nSPS) is 11.1. The summed E-state index contributed by atoms with van der Waals surface area (Å²) in [5, 5.41) is 7.74. The molecule has 1 heterocycles. The fraction of sp³-hybridized carbons (Fsp3) is 0.500. The molecule has 1 aromatic rings. The molecule has 0 aliphatic heterocycles. The number of amides is 1. The van der Waals surface area contributed by atoms with Crippen LogP contribution >= 0.6 is 0 Å². The smallest absolute Gasteiger partial charge is 0.239 e. The highest BCUT2D eigenvalue weighted by atomic mass is 19.1. The summed E-state index contributed by atoms with van der Waals surface area (Å²) in [7, 11) is 1.47. The standard InChI is InChI=1S/C12H18F2N4O/c1-12(2,3)18-9(19)6-16-11-8(14)5-7(13)10(15-4)17-11/h5H,6H2,1-4H3,(H,18,19)(H2,15,16,17). The first kappa shape index (κ1) is 15.1. The Morgan fingerprint density at radius 1 is 1.26 bits per heavy atom. The average molecular weight is 272 g/mol.